The van der Waals surface area contributed by atoms with Gasteiger partial charge in [-0.2, -0.15) is 0 Å². The summed E-state index contributed by atoms with van der Waals surface area (Å²) in [6.45, 7) is 24.4. The Balaban J connectivity index is -0.000000508. The van der Waals surface area contributed by atoms with Gasteiger partial charge < -0.3 is 85.6 Å². The summed E-state index contributed by atoms with van der Waals surface area (Å²) >= 11 is 4.97. The number of hydrogen-bond acceptors (Lipinski definition) is 22. The van der Waals surface area contributed by atoms with Gasteiger partial charge in [-0.15, -0.1) is 0 Å². The number of carbonyl (C=O) groups is 11. The predicted octanol–water partition coefficient (Wildman–Crippen LogP) is 9.05. The van der Waals surface area contributed by atoms with Crippen LogP contribution in [0.3, 0.4) is 0 Å². The van der Waals surface area contributed by atoms with E-state index in [1.165, 1.54) is 0 Å². The molecule has 0 heterocycles. The minimum Gasteiger partial charge on any atom is -0.466 e. The Morgan fingerprint density at radius 3 is 1.12 bits per heavy atom. The predicted molar refractivity (Wildman–Crippen MR) is 346 cm³/mol. The molecule has 526 valence electrons. The molecule has 0 saturated heterocycles. The van der Waals surface area contributed by atoms with E-state index in [0.717, 1.165) is 42.4 Å². The summed E-state index contributed by atoms with van der Waals surface area (Å²) < 4.78 is 42.7. The van der Waals surface area contributed by atoms with Crippen LogP contribution in [0.1, 0.15) is 125 Å². The number of hydrogen-bond donors (Lipinski definition) is 8. The molecule has 0 spiro atoms. The van der Waals surface area contributed by atoms with Gasteiger partial charge in [0, 0.05) is 37.8 Å². The van der Waals surface area contributed by atoms with Crippen LogP contribution in [0.15, 0.2) is 91.0 Å². The lowest BCUT2D eigenvalue weighted by Gasteiger charge is -2.15. The highest BCUT2D eigenvalue weighted by molar-refractivity contribution is 6.61. The molecule has 6 unspecified atom stereocenters. The van der Waals surface area contributed by atoms with Crippen molar-refractivity contribution >= 4 is 77.2 Å². The van der Waals surface area contributed by atoms with E-state index in [1.54, 1.807) is 69.2 Å². The zero-order valence-corrected chi connectivity index (χ0v) is 56.5. The Morgan fingerprint density at radius 2 is 0.785 bits per heavy atom. The summed E-state index contributed by atoms with van der Waals surface area (Å²) in [6.07, 6.45) is 0.758. The van der Waals surface area contributed by atoms with Gasteiger partial charge in [-0.1, -0.05) is 145 Å². The van der Waals surface area contributed by atoms with E-state index in [1.807, 2.05) is 105 Å². The second-order valence-electron chi connectivity index (χ2n) is 19.4. The summed E-state index contributed by atoms with van der Waals surface area (Å²) in [6, 6.07) is 26.1. The first-order valence-corrected chi connectivity index (χ1v) is 30.7. The van der Waals surface area contributed by atoms with Gasteiger partial charge in [-0.3, -0.25) is 24.0 Å². The number of esters is 6. The van der Waals surface area contributed by atoms with Crippen LogP contribution in [0.2, 0.25) is 0 Å². The molecule has 0 radical (unpaired) electrons. The fourth-order valence-electron chi connectivity index (χ4n) is 5.61. The molecule has 28 nitrogen and oxygen atoms in total. The molecule has 0 fully saturated rings. The molecule has 3 aromatic carbocycles. The SMILES string of the molecule is CCCCOC(=O)C(C)N.CCCCOC(=O)C(C)NC(=O)NCC(C)C(=O)OCC.CCOC(=O)C(C)CN.CCOC(=O)C(C)CNC(=O)O.CCOC(=O)C(C)CNC(=O)OCc1ccccc1.O=C(Cl)OCc1ccccc1.O=C(O)OCc1ccccc1. The number of halogens is 1. The van der Waals surface area contributed by atoms with Crippen molar-refractivity contribution < 1.29 is 106 Å². The monoisotopic (exact) mass is 1340 g/mol. The zero-order chi connectivity index (χ0) is 71.4. The number of urea groups is 1. The molecule has 3 rings (SSSR count). The topological polar surface area (TPSA) is 411 Å². The second-order valence-corrected chi connectivity index (χ2v) is 19.7. The van der Waals surface area contributed by atoms with E-state index >= 15 is 0 Å². The maximum absolute atomic E-state index is 11.6. The van der Waals surface area contributed by atoms with Crippen LogP contribution in [0.5, 0.6) is 0 Å². The van der Waals surface area contributed by atoms with Gasteiger partial charge in [0.2, 0.25) is 0 Å². The van der Waals surface area contributed by atoms with Gasteiger partial charge in [0.05, 0.1) is 63.3 Å². The van der Waals surface area contributed by atoms with E-state index in [-0.39, 0.29) is 81.1 Å². The number of benzene rings is 3. The first-order valence-electron chi connectivity index (χ1n) is 30.3. The zero-order valence-electron chi connectivity index (χ0n) is 55.7. The van der Waals surface area contributed by atoms with Crippen LogP contribution in [0.25, 0.3) is 0 Å². The Kier molecular flexibility index (Phi) is 59.3. The summed E-state index contributed by atoms with van der Waals surface area (Å²) in [5.74, 6) is -3.50. The van der Waals surface area contributed by atoms with Crippen molar-refractivity contribution in [2.75, 3.05) is 65.8 Å². The number of carboxylic acid groups (broad SMARTS) is 2. The highest BCUT2D eigenvalue weighted by atomic mass is 35.5. The molecular weight excluding hydrogens is 1240 g/mol. The van der Waals surface area contributed by atoms with Gasteiger partial charge in [-0.25, -0.2) is 28.8 Å². The minimum atomic E-state index is -1.24. The standard InChI is InChI=1S/C14H26N2O5.C14H19NO4.C8H7ClO2.C8H8O3.C7H13NO4.C7H15NO2.C6H13NO2/c1-5-7-8-21-13(18)11(4)16-14(19)15-9-10(3)12(17)20-6-2;1-3-18-13(16)11(2)9-15-14(17)19-10-12-7-5-4-6-8-12;2*9-8(10)11-6-7-4-2-1-3-5-7;1-3-12-6(9)5(2)4-8-7(10)11;1-3-4-5-10-7(9)6(2)8;1-3-9-6(8)5(2)4-7/h10-11H,5-9H2,1-4H3,(H2,15,16,19);4-8,11H,3,9-10H2,1-2H3,(H,15,17);1-5H,6H2;1-5H,6H2,(H,9,10);5,8H,3-4H2,1-2H3,(H,10,11);6H,3-5,8H2,1-2H3;5H,3-4,7H2,1-2H3. The van der Waals surface area contributed by atoms with Crippen LogP contribution in [-0.4, -0.2) is 154 Å². The third kappa shape index (κ3) is 58.1. The van der Waals surface area contributed by atoms with Gasteiger partial charge in [-0.05, 0) is 71.1 Å². The van der Waals surface area contributed by atoms with E-state index in [2.05, 4.69) is 40.2 Å². The number of nitrogens with one attached hydrogen (secondary N) is 4. The number of nitrogens with two attached hydrogens (primary N) is 2. The maximum Gasteiger partial charge on any atom is 0.506 e. The number of amides is 4. The quantitative estimate of drug-likeness (QED) is 0.0133. The largest absolute Gasteiger partial charge is 0.506 e. The molecule has 0 bridgehead atoms. The summed E-state index contributed by atoms with van der Waals surface area (Å²) in [7, 11) is 0. The van der Waals surface area contributed by atoms with E-state index < -0.39 is 59.7 Å². The van der Waals surface area contributed by atoms with Crippen molar-refractivity contribution in [3.8, 4) is 0 Å². The Morgan fingerprint density at radius 1 is 0.441 bits per heavy atom. The molecule has 0 aromatic heterocycles. The lowest BCUT2D eigenvalue weighted by Crippen LogP contribution is -2.46. The first kappa shape index (κ1) is 90.7. The Labute approximate surface area is 551 Å². The smallest absolute Gasteiger partial charge is 0.466 e. The second kappa shape index (κ2) is 60.8. The van der Waals surface area contributed by atoms with Crippen molar-refractivity contribution in [3.05, 3.63) is 108 Å². The van der Waals surface area contributed by atoms with Crippen molar-refractivity contribution in [3.63, 3.8) is 0 Å². The average molecular weight is 1340 g/mol. The number of rotatable bonds is 30. The Bertz CT molecular complexity index is 2450. The van der Waals surface area contributed by atoms with E-state index in [9.17, 15) is 52.7 Å². The van der Waals surface area contributed by atoms with E-state index in [4.69, 9.17) is 57.0 Å². The number of carbonyl (C=O) groups excluding carboxylic acids is 9. The number of ether oxygens (including phenoxy) is 9. The number of alkyl carbamates (subject to hydrolysis) is 1. The van der Waals surface area contributed by atoms with E-state index in [0.29, 0.717) is 46.2 Å². The lowest BCUT2D eigenvalue weighted by atomic mass is 10.2. The van der Waals surface area contributed by atoms with Crippen molar-refractivity contribution in [2.24, 2.45) is 35.1 Å². The molecule has 0 saturated carbocycles. The number of unbranched alkanes of at least 4 members (excludes halogenated alkanes) is 2. The van der Waals surface area contributed by atoms with Crippen molar-refractivity contribution in [1.82, 2.24) is 21.3 Å². The minimum absolute atomic E-state index is 0.0914. The summed E-state index contributed by atoms with van der Waals surface area (Å²) in [4.78, 5) is 120. The molecular formula is C64H101ClN6O22. The van der Waals surface area contributed by atoms with Gasteiger partial charge in [0.15, 0.2) is 0 Å². The van der Waals surface area contributed by atoms with Gasteiger partial charge in [0.25, 0.3) is 0 Å². The molecule has 0 aliphatic heterocycles. The molecule has 29 heteroatoms. The van der Waals surface area contributed by atoms with Gasteiger partial charge >= 0.3 is 65.6 Å². The maximum atomic E-state index is 11.6. The highest BCUT2D eigenvalue weighted by Crippen LogP contribution is 2.05. The van der Waals surface area contributed by atoms with Crippen molar-refractivity contribution in [1.29, 1.82) is 0 Å². The fourth-order valence-corrected chi connectivity index (χ4v) is 5.67. The lowest BCUT2D eigenvalue weighted by molar-refractivity contribution is -0.148. The fraction of sp³-hybridized carbons (Fsp3) is 0.547. The molecule has 3 aromatic rings. The van der Waals surface area contributed by atoms with Crippen LogP contribution in [0.4, 0.5) is 24.0 Å². The summed E-state index contributed by atoms with van der Waals surface area (Å²) in [5.41, 5.74) is 12.4. The van der Waals surface area contributed by atoms with Crippen LogP contribution in [-0.2, 0) is 91.2 Å². The van der Waals surface area contributed by atoms with Crippen LogP contribution < -0.4 is 32.7 Å². The van der Waals surface area contributed by atoms with Gasteiger partial charge in [0.1, 0.15) is 31.9 Å². The third-order valence-electron chi connectivity index (χ3n) is 11.0. The molecule has 4 amide bonds. The molecule has 0 aliphatic carbocycles. The third-order valence-corrected chi connectivity index (χ3v) is 11.1. The Hall–Kier alpha value is -8.76. The molecule has 10 N–H and O–H groups in total. The van der Waals surface area contributed by atoms with Crippen molar-refractivity contribution in [2.45, 2.75) is 141 Å². The van der Waals surface area contributed by atoms with Crippen LogP contribution in [0, 0.1) is 23.7 Å². The normalized spacial score (nSPS) is 11.6. The molecule has 6 atom stereocenters. The average Bonchev–Trinajstić information content (AvgIpc) is 3.63. The van der Waals surface area contributed by atoms with Crippen LogP contribution >= 0.6 is 11.6 Å². The summed E-state index contributed by atoms with van der Waals surface area (Å²) in [5, 5.41) is 26.0. The molecule has 0 aliphatic rings. The first-order chi connectivity index (χ1) is 44.1. The highest BCUT2D eigenvalue weighted by Gasteiger charge is 2.20. The molecule has 93 heavy (non-hydrogen) atoms.